The van der Waals surface area contributed by atoms with E-state index in [0.29, 0.717) is 23.0 Å². The zero-order chi connectivity index (χ0) is 19.1. The van der Waals surface area contributed by atoms with Gasteiger partial charge in [-0.15, -0.1) is 0 Å². The lowest BCUT2D eigenvalue weighted by molar-refractivity contribution is 0.0971. The van der Waals surface area contributed by atoms with Crippen molar-refractivity contribution in [2.24, 2.45) is 0 Å². The van der Waals surface area contributed by atoms with Crippen molar-refractivity contribution in [2.45, 2.75) is 26.2 Å². The maximum Gasteiger partial charge on any atom is 0.264 e. The second kappa shape index (κ2) is 9.20. The molecule has 2 rings (SSSR count). The normalized spacial score (nSPS) is 11.4. The van der Waals surface area contributed by atoms with Crippen LogP contribution in [0.4, 0.5) is 5.69 Å². The maximum absolute atomic E-state index is 12.6. The van der Waals surface area contributed by atoms with Crippen LogP contribution >= 0.6 is 12.2 Å². The Hall–Kier alpha value is -2.60. The first kappa shape index (κ1) is 19.7. The number of carbonyl (C=O) groups excluding carboxylic acids is 1. The number of rotatable bonds is 6. The molecular formula is C20H24N2O3S. The van der Waals surface area contributed by atoms with Gasteiger partial charge in [0.25, 0.3) is 5.91 Å². The average molecular weight is 372 g/mol. The standard InChI is InChI=1S/C20H24N2O3S/c1-5-13(2)14-9-11-15(12-10-14)21-20(26)22-19(23)18-16(24-3)7-6-8-17(18)25-4/h6-13H,5H2,1-4H3,(H2,21,22,23,26). The molecular weight excluding hydrogens is 348 g/mol. The summed E-state index contributed by atoms with van der Waals surface area (Å²) >= 11 is 5.25. The first-order valence-electron chi connectivity index (χ1n) is 8.43. The van der Waals surface area contributed by atoms with Crippen molar-refractivity contribution < 1.29 is 14.3 Å². The van der Waals surface area contributed by atoms with E-state index in [-0.39, 0.29) is 5.11 Å². The number of benzene rings is 2. The quantitative estimate of drug-likeness (QED) is 0.739. The van der Waals surface area contributed by atoms with Crippen LogP contribution in [-0.4, -0.2) is 25.2 Å². The molecule has 0 spiro atoms. The fourth-order valence-corrected chi connectivity index (χ4v) is 2.74. The number of methoxy groups -OCH3 is 2. The molecule has 0 heterocycles. The van der Waals surface area contributed by atoms with Gasteiger partial charge in [0.2, 0.25) is 0 Å². The molecule has 138 valence electrons. The Morgan fingerprint density at radius 3 is 2.15 bits per heavy atom. The molecule has 1 atom stereocenters. The maximum atomic E-state index is 12.6. The summed E-state index contributed by atoms with van der Waals surface area (Å²) in [6, 6.07) is 13.2. The van der Waals surface area contributed by atoms with Gasteiger partial charge in [-0.05, 0) is 54.4 Å². The zero-order valence-corrected chi connectivity index (χ0v) is 16.3. The van der Waals surface area contributed by atoms with Crippen molar-refractivity contribution in [3.05, 3.63) is 53.6 Å². The summed E-state index contributed by atoms with van der Waals surface area (Å²) in [6.07, 6.45) is 1.09. The molecule has 5 nitrogen and oxygen atoms in total. The Labute approximate surface area is 159 Å². The third-order valence-electron chi connectivity index (χ3n) is 4.23. The molecule has 0 saturated carbocycles. The molecule has 0 radical (unpaired) electrons. The highest BCUT2D eigenvalue weighted by Gasteiger charge is 2.19. The van der Waals surface area contributed by atoms with Crippen LogP contribution in [-0.2, 0) is 0 Å². The molecule has 1 unspecified atom stereocenters. The molecule has 0 aromatic heterocycles. The third-order valence-corrected chi connectivity index (χ3v) is 4.44. The van der Waals surface area contributed by atoms with E-state index >= 15 is 0 Å². The fourth-order valence-electron chi connectivity index (χ4n) is 2.53. The monoisotopic (exact) mass is 372 g/mol. The zero-order valence-electron chi connectivity index (χ0n) is 15.5. The Kier molecular flexibility index (Phi) is 6.97. The lowest BCUT2D eigenvalue weighted by Gasteiger charge is -2.15. The molecule has 0 aliphatic heterocycles. The number of anilines is 1. The van der Waals surface area contributed by atoms with Crippen LogP contribution < -0.4 is 20.1 Å². The highest BCUT2D eigenvalue weighted by molar-refractivity contribution is 7.80. The van der Waals surface area contributed by atoms with E-state index in [0.717, 1.165) is 12.1 Å². The predicted molar refractivity (Wildman–Crippen MR) is 108 cm³/mol. The van der Waals surface area contributed by atoms with Crippen LogP contribution in [0.15, 0.2) is 42.5 Å². The average Bonchev–Trinajstić information content (AvgIpc) is 2.66. The van der Waals surface area contributed by atoms with Gasteiger partial charge in [0, 0.05) is 5.69 Å². The van der Waals surface area contributed by atoms with E-state index in [9.17, 15) is 4.79 Å². The van der Waals surface area contributed by atoms with Gasteiger partial charge in [0.15, 0.2) is 5.11 Å². The minimum absolute atomic E-state index is 0.208. The Morgan fingerprint density at radius 1 is 1.08 bits per heavy atom. The molecule has 6 heteroatoms. The smallest absolute Gasteiger partial charge is 0.264 e. The molecule has 2 aromatic carbocycles. The third kappa shape index (κ3) is 4.73. The lowest BCUT2D eigenvalue weighted by Crippen LogP contribution is -2.34. The highest BCUT2D eigenvalue weighted by Crippen LogP contribution is 2.28. The number of thiocarbonyl (C=S) groups is 1. The van der Waals surface area contributed by atoms with Gasteiger partial charge < -0.3 is 14.8 Å². The summed E-state index contributed by atoms with van der Waals surface area (Å²) in [5.41, 5.74) is 2.38. The van der Waals surface area contributed by atoms with E-state index in [2.05, 4.69) is 36.6 Å². The van der Waals surface area contributed by atoms with Gasteiger partial charge in [-0.3, -0.25) is 10.1 Å². The van der Waals surface area contributed by atoms with Crippen LogP contribution in [0, 0.1) is 0 Å². The summed E-state index contributed by atoms with van der Waals surface area (Å²) in [4.78, 5) is 12.6. The fraction of sp³-hybridized carbons (Fsp3) is 0.300. The van der Waals surface area contributed by atoms with Crippen LogP contribution in [0.1, 0.15) is 42.1 Å². The van der Waals surface area contributed by atoms with Gasteiger partial charge in [-0.1, -0.05) is 32.0 Å². The van der Waals surface area contributed by atoms with Gasteiger partial charge in [-0.25, -0.2) is 0 Å². The molecule has 1 amide bonds. The summed E-state index contributed by atoms with van der Waals surface area (Å²) in [5, 5.41) is 5.89. The number of amides is 1. The van der Waals surface area contributed by atoms with Gasteiger partial charge in [0.05, 0.1) is 14.2 Å². The van der Waals surface area contributed by atoms with Crippen LogP contribution in [0.25, 0.3) is 0 Å². The number of ether oxygens (including phenoxy) is 2. The van der Waals surface area contributed by atoms with Crippen molar-refractivity contribution in [2.75, 3.05) is 19.5 Å². The van der Waals surface area contributed by atoms with Crippen molar-refractivity contribution in [3.8, 4) is 11.5 Å². The second-order valence-electron chi connectivity index (χ2n) is 5.88. The van der Waals surface area contributed by atoms with Gasteiger partial charge >= 0.3 is 0 Å². The van der Waals surface area contributed by atoms with Gasteiger partial charge in [0.1, 0.15) is 17.1 Å². The van der Waals surface area contributed by atoms with Crippen molar-refractivity contribution in [1.82, 2.24) is 5.32 Å². The molecule has 26 heavy (non-hydrogen) atoms. The minimum Gasteiger partial charge on any atom is -0.496 e. The molecule has 0 aliphatic rings. The molecule has 0 fully saturated rings. The first-order valence-corrected chi connectivity index (χ1v) is 8.84. The van der Waals surface area contributed by atoms with E-state index in [4.69, 9.17) is 21.7 Å². The van der Waals surface area contributed by atoms with E-state index in [1.807, 2.05) is 12.1 Å². The summed E-state index contributed by atoms with van der Waals surface area (Å²) in [5.74, 6) is 0.951. The van der Waals surface area contributed by atoms with Crippen molar-refractivity contribution in [1.29, 1.82) is 0 Å². The van der Waals surface area contributed by atoms with Gasteiger partial charge in [-0.2, -0.15) is 0 Å². The summed E-state index contributed by atoms with van der Waals surface area (Å²) in [7, 11) is 3.00. The van der Waals surface area contributed by atoms with Crippen LogP contribution in [0.3, 0.4) is 0 Å². The second-order valence-corrected chi connectivity index (χ2v) is 6.29. The molecule has 0 aliphatic carbocycles. The molecule has 0 saturated heterocycles. The summed E-state index contributed by atoms with van der Waals surface area (Å²) in [6.45, 7) is 4.35. The van der Waals surface area contributed by atoms with Crippen molar-refractivity contribution >= 4 is 28.9 Å². The minimum atomic E-state index is -0.395. The number of carbonyl (C=O) groups is 1. The van der Waals surface area contributed by atoms with E-state index < -0.39 is 5.91 Å². The largest absolute Gasteiger partial charge is 0.496 e. The molecule has 2 aromatic rings. The van der Waals surface area contributed by atoms with Crippen LogP contribution in [0.2, 0.25) is 0 Å². The Morgan fingerprint density at radius 2 is 1.65 bits per heavy atom. The van der Waals surface area contributed by atoms with E-state index in [1.54, 1.807) is 18.2 Å². The Bertz CT molecular complexity index is 753. The SMILES string of the molecule is CCC(C)c1ccc(NC(=S)NC(=O)c2c(OC)cccc2OC)cc1. The molecule has 0 bridgehead atoms. The topological polar surface area (TPSA) is 59.6 Å². The first-order chi connectivity index (χ1) is 12.5. The predicted octanol–water partition coefficient (Wildman–Crippen LogP) is 4.34. The highest BCUT2D eigenvalue weighted by atomic mass is 32.1. The van der Waals surface area contributed by atoms with Crippen LogP contribution in [0.5, 0.6) is 11.5 Å². The Balaban J connectivity index is 2.07. The number of nitrogens with one attached hydrogen (secondary N) is 2. The number of hydrogen-bond donors (Lipinski definition) is 2. The van der Waals surface area contributed by atoms with E-state index in [1.165, 1.54) is 19.8 Å². The molecule has 2 N–H and O–H groups in total. The van der Waals surface area contributed by atoms with Crippen molar-refractivity contribution in [3.63, 3.8) is 0 Å². The summed E-state index contributed by atoms with van der Waals surface area (Å²) < 4.78 is 10.5. The number of hydrogen-bond acceptors (Lipinski definition) is 4. The lowest BCUT2D eigenvalue weighted by atomic mass is 9.99.